The summed E-state index contributed by atoms with van der Waals surface area (Å²) in [7, 11) is 0. The summed E-state index contributed by atoms with van der Waals surface area (Å²) in [5, 5.41) is 0. The second-order valence-electron chi connectivity index (χ2n) is 7.94. The first-order chi connectivity index (χ1) is 13.1. The summed E-state index contributed by atoms with van der Waals surface area (Å²) in [5.74, 6) is 3.85. The summed E-state index contributed by atoms with van der Waals surface area (Å²) in [5.41, 5.74) is 7.86. The Kier molecular flexibility index (Phi) is 5.09. The van der Waals surface area contributed by atoms with Crippen LogP contribution < -0.4 is 15.5 Å². The molecule has 2 aliphatic heterocycles. The quantitative estimate of drug-likeness (QED) is 0.892. The molecule has 2 fully saturated rings. The largest absolute Gasteiger partial charge is 0.368 e. The van der Waals surface area contributed by atoms with Crippen LogP contribution in [0.4, 0.5) is 17.7 Å². The number of rotatable bonds is 3. The molecule has 2 aromatic rings. The van der Waals surface area contributed by atoms with Crippen molar-refractivity contribution >= 4 is 17.7 Å². The third-order valence-corrected chi connectivity index (χ3v) is 5.98. The van der Waals surface area contributed by atoms with Gasteiger partial charge >= 0.3 is 0 Å². The molecule has 2 N–H and O–H groups in total. The van der Waals surface area contributed by atoms with Crippen LogP contribution in [0.1, 0.15) is 36.9 Å². The normalized spacial score (nSPS) is 19.5. The van der Waals surface area contributed by atoms with Gasteiger partial charge in [0.1, 0.15) is 5.82 Å². The van der Waals surface area contributed by atoms with Crippen molar-refractivity contribution < 1.29 is 0 Å². The summed E-state index contributed by atoms with van der Waals surface area (Å²) in [4.78, 5) is 22.3. The van der Waals surface area contributed by atoms with Gasteiger partial charge in [-0.1, -0.05) is 0 Å². The fourth-order valence-corrected chi connectivity index (χ4v) is 4.46. The van der Waals surface area contributed by atoms with Gasteiger partial charge in [0.25, 0.3) is 0 Å². The van der Waals surface area contributed by atoms with Gasteiger partial charge < -0.3 is 15.5 Å². The predicted molar refractivity (Wildman–Crippen MR) is 108 cm³/mol. The zero-order chi connectivity index (χ0) is 18.8. The van der Waals surface area contributed by atoms with E-state index in [9.17, 15) is 0 Å². The Morgan fingerprint density at radius 2 is 1.41 bits per heavy atom. The summed E-state index contributed by atoms with van der Waals surface area (Å²) in [6, 6.07) is 2.04. The van der Waals surface area contributed by atoms with Crippen molar-refractivity contribution in [1.29, 1.82) is 0 Å². The van der Waals surface area contributed by atoms with Gasteiger partial charge in [0, 0.05) is 50.3 Å². The Bertz CT molecular complexity index is 740. The van der Waals surface area contributed by atoms with Gasteiger partial charge in [-0.2, -0.15) is 4.98 Å². The van der Waals surface area contributed by atoms with E-state index in [2.05, 4.69) is 29.7 Å². The van der Waals surface area contributed by atoms with Crippen LogP contribution in [0.25, 0.3) is 0 Å². The fourth-order valence-electron chi connectivity index (χ4n) is 4.46. The van der Waals surface area contributed by atoms with E-state index < -0.39 is 0 Å². The van der Waals surface area contributed by atoms with Crippen molar-refractivity contribution in [1.82, 2.24) is 19.9 Å². The fraction of sp³-hybridized carbons (Fsp3) is 0.600. The molecule has 144 valence electrons. The lowest BCUT2D eigenvalue weighted by molar-refractivity contribution is 0.232. The maximum absolute atomic E-state index is 5.82. The molecule has 0 amide bonds. The number of piperidine rings is 2. The number of nitrogen functional groups attached to an aromatic ring is 1. The van der Waals surface area contributed by atoms with Gasteiger partial charge in [-0.15, -0.1) is 0 Å². The monoisotopic (exact) mass is 367 g/mol. The molecule has 0 spiro atoms. The number of anilines is 3. The van der Waals surface area contributed by atoms with Crippen LogP contribution in [-0.4, -0.2) is 46.1 Å². The minimum Gasteiger partial charge on any atom is -0.368 e. The minimum absolute atomic E-state index is 0.373. The molecule has 0 aliphatic carbocycles. The second-order valence-corrected chi connectivity index (χ2v) is 7.94. The highest BCUT2D eigenvalue weighted by Gasteiger charge is 2.30. The number of aromatic nitrogens is 4. The third kappa shape index (κ3) is 4.12. The molecule has 4 rings (SSSR count). The summed E-state index contributed by atoms with van der Waals surface area (Å²) < 4.78 is 0. The Hall–Kier alpha value is -2.44. The average Bonchev–Trinajstić information content (AvgIpc) is 2.68. The lowest BCUT2D eigenvalue weighted by Crippen LogP contribution is -2.41. The lowest BCUT2D eigenvalue weighted by Gasteiger charge is -2.40. The first-order valence-corrected chi connectivity index (χ1v) is 9.98. The SMILES string of the molecule is Cc1cnc(N2CCC(C3CCN(c4cc(C)nc(N)n4)CC3)CC2)nc1. The molecular weight excluding hydrogens is 338 g/mol. The highest BCUT2D eigenvalue weighted by Crippen LogP contribution is 2.34. The zero-order valence-corrected chi connectivity index (χ0v) is 16.3. The van der Waals surface area contributed by atoms with Gasteiger partial charge in [-0.3, -0.25) is 0 Å². The van der Waals surface area contributed by atoms with Gasteiger partial charge in [0.2, 0.25) is 11.9 Å². The standard InChI is InChI=1S/C20H29N7/c1-14-12-22-20(23-13-14)27-9-5-17(6-10-27)16-3-7-26(8-4-16)18-11-15(2)24-19(21)25-18/h11-13,16-17H,3-10H2,1-2H3,(H2,21,24,25). The average molecular weight is 368 g/mol. The summed E-state index contributed by atoms with van der Waals surface area (Å²) >= 11 is 0. The first-order valence-electron chi connectivity index (χ1n) is 9.98. The molecule has 0 unspecified atom stereocenters. The molecule has 7 heteroatoms. The van der Waals surface area contributed by atoms with E-state index >= 15 is 0 Å². The highest BCUT2D eigenvalue weighted by molar-refractivity contribution is 5.43. The number of hydrogen-bond donors (Lipinski definition) is 1. The van der Waals surface area contributed by atoms with Gasteiger partial charge in [-0.05, 0) is 56.9 Å². The summed E-state index contributed by atoms with van der Waals surface area (Å²) in [6.07, 6.45) is 8.75. The van der Waals surface area contributed by atoms with Crippen molar-refractivity contribution in [3.05, 3.63) is 29.7 Å². The smallest absolute Gasteiger partial charge is 0.225 e. The van der Waals surface area contributed by atoms with E-state index in [1.165, 1.54) is 25.7 Å². The highest BCUT2D eigenvalue weighted by atomic mass is 15.3. The molecule has 27 heavy (non-hydrogen) atoms. The van der Waals surface area contributed by atoms with E-state index in [0.717, 1.165) is 61.0 Å². The van der Waals surface area contributed by atoms with Crippen LogP contribution >= 0.6 is 0 Å². The van der Waals surface area contributed by atoms with Gasteiger partial charge in [0.15, 0.2) is 0 Å². The first kappa shape index (κ1) is 17.9. The third-order valence-electron chi connectivity index (χ3n) is 5.98. The van der Waals surface area contributed by atoms with Crippen LogP contribution in [-0.2, 0) is 0 Å². The van der Waals surface area contributed by atoms with Crippen molar-refractivity contribution in [3.63, 3.8) is 0 Å². The Morgan fingerprint density at radius 3 is 1.96 bits per heavy atom. The Morgan fingerprint density at radius 1 is 0.852 bits per heavy atom. The number of hydrogen-bond acceptors (Lipinski definition) is 7. The van der Waals surface area contributed by atoms with Crippen LogP contribution in [0.3, 0.4) is 0 Å². The van der Waals surface area contributed by atoms with Crippen LogP contribution in [0.15, 0.2) is 18.5 Å². The van der Waals surface area contributed by atoms with Gasteiger partial charge in [0.05, 0.1) is 0 Å². The molecule has 0 saturated carbocycles. The second kappa shape index (κ2) is 7.66. The molecule has 4 heterocycles. The molecule has 0 atom stereocenters. The van der Waals surface area contributed by atoms with Crippen molar-refractivity contribution in [3.8, 4) is 0 Å². The van der Waals surface area contributed by atoms with E-state index in [1.807, 2.05) is 32.3 Å². The van der Waals surface area contributed by atoms with Gasteiger partial charge in [-0.25, -0.2) is 15.0 Å². The Balaban J connectivity index is 1.30. The van der Waals surface area contributed by atoms with E-state index in [4.69, 9.17) is 5.73 Å². The Labute approximate surface area is 161 Å². The minimum atomic E-state index is 0.373. The maximum atomic E-state index is 5.82. The topological polar surface area (TPSA) is 84.1 Å². The van der Waals surface area contributed by atoms with Crippen molar-refractivity contribution in [2.24, 2.45) is 11.8 Å². The molecule has 2 saturated heterocycles. The number of nitrogens with two attached hydrogens (primary N) is 1. The number of aryl methyl sites for hydroxylation is 2. The molecule has 0 aromatic carbocycles. The van der Waals surface area contributed by atoms with Crippen molar-refractivity contribution in [2.45, 2.75) is 39.5 Å². The molecular formula is C20H29N7. The lowest BCUT2D eigenvalue weighted by atomic mass is 9.79. The van der Waals surface area contributed by atoms with Crippen LogP contribution in [0.5, 0.6) is 0 Å². The molecule has 2 aliphatic rings. The molecule has 0 radical (unpaired) electrons. The van der Waals surface area contributed by atoms with Crippen LogP contribution in [0.2, 0.25) is 0 Å². The molecule has 0 bridgehead atoms. The maximum Gasteiger partial charge on any atom is 0.225 e. The van der Waals surface area contributed by atoms with E-state index in [0.29, 0.717) is 5.95 Å². The number of nitrogens with zero attached hydrogens (tertiary/aromatic N) is 6. The zero-order valence-electron chi connectivity index (χ0n) is 16.3. The predicted octanol–water partition coefficient (Wildman–Crippen LogP) is 2.60. The molecule has 2 aromatic heterocycles. The molecule has 7 nitrogen and oxygen atoms in total. The van der Waals surface area contributed by atoms with Crippen molar-refractivity contribution in [2.75, 3.05) is 41.7 Å². The van der Waals surface area contributed by atoms with Crippen LogP contribution in [0, 0.1) is 25.7 Å². The van der Waals surface area contributed by atoms with E-state index in [-0.39, 0.29) is 0 Å². The summed E-state index contributed by atoms with van der Waals surface area (Å²) in [6.45, 7) is 8.24. The van der Waals surface area contributed by atoms with E-state index in [1.54, 1.807) is 0 Å².